The summed E-state index contributed by atoms with van der Waals surface area (Å²) < 4.78 is 0. The minimum Gasteiger partial charge on any atom is -0.508 e. The zero-order valence-corrected chi connectivity index (χ0v) is 10.5. The zero-order chi connectivity index (χ0) is 13.4. The molecule has 1 heterocycles. The van der Waals surface area contributed by atoms with Gasteiger partial charge in [-0.15, -0.1) is 0 Å². The first-order chi connectivity index (χ1) is 8.63. The fourth-order valence-corrected chi connectivity index (χ4v) is 1.57. The van der Waals surface area contributed by atoms with Gasteiger partial charge < -0.3 is 15.2 Å². The summed E-state index contributed by atoms with van der Waals surface area (Å²) in [4.78, 5) is 12.9. The van der Waals surface area contributed by atoms with E-state index in [2.05, 4.69) is 11.9 Å². The first-order valence-corrected chi connectivity index (χ1v) is 6.11. The Bertz CT molecular complexity index is 490. The van der Waals surface area contributed by atoms with E-state index < -0.39 is 5.97 Å². The second-order valence-electron chi connectivity index (χ2n) is 4.10. The summed E-state index contributed by atoms with van der Waals surface area (Å²) in [5.74, 6) is -0.370. The molecule has 2 aromatic rings. The summed E-state index contributed by atoms with van der Waals surface area (Å²) in [6.07, 6.45) is 5.13. The summed E-state index contributed by atoms with van der Waals surface area (Å²) in [6, 6.07) is 7.17. The number of aromatic nitrogens is 1. The van der Waals surface area contributed by atoms with Crippen molar-refractivity contribution < 1.29 is 15.0 Å². The smallest absolute Gasteiger partial charge is 0.303 e. The lowest BCUT2D eigenvalue weighted by Gasteiger charge is -1.89. The van der Waals surface area contributed by atoms with Crippen molar-refractivity contribution in [2.24, 2.45) is 0 Å². The van der Waals surface area contributed by atoms with Crippen LogP contribution in [0.25, 0.3) is 10.9 Å². The number of aromatic hydroxyl groups is 1. The van der Waals surface area contributed by atoms with Gasteiger partial charge in [0.05, 0.1) is 0 Å². The summed E-state index contributed by atoms with van der Waals surface area (Å²) >= 11 is 0. The number of phenolic OH excluding ortho intramolecular Hbond substituents is 1. The number of unbranched alkanes of at least 4 members (excludes halogenated alkanes) is 2. The lowest BCUT2D eigenvalue weighted by molar-refractivity contribution is -0.137. The van der Waals surface area contributed by atoms with Gasteiger partial charge in [0.1, 0.15) is 5.75 Å². The molecule has 1 aromatic carbocycles. The van der Waals surface area contributed by atoms with Crippen molar-refractivity contribution in [3.05, 3.63) is 30.5 Å². The van der Waals surface area contributed by atoms with Crippen LogP contribution >= 0.6 is 0 Å². The maximum absolute atomic E-state index is 9.87. The molecule has 0 atom stereocenters. The van der Waals surface area contributed by atoms with Gasteiger partial charge in [-0.3, -0.25) is 4.79 Å². The third kappa shape index (κ3) is 4.91. The fourth-order valence-electron chi connectivity index (χ4n) is 1.57. The zero-order valence-electron chi connectivity index (χ0n) is 10.5. The van der Waals surface area contributed by atoms with Gasteiger partial charge in [-0.2, -0.15) is 0 Å². The van der Waals surface area contributed by atoms with Crippen molar-refractivity contribution in [3.63, 3.8) is 0 Å². The highest BCUT2D eigenvalue weighted by Gasteiger charge is 1.93. The highest BCUT2D eigenvalue weighted by molar-refractivity contribution is 5.80. The first kappa shape index (κ1) is 14.1. The molecule has 18 heavy (non-hydrogen) atoms. The largest absolute Gasteiger partial charge is 0.508 e. The molecule has 3 N–H and O–H groups in total. The molecule has 0 amide bonds. The minimum absolute atomic E-state index is 0.312. The number of aliphatic carboxylic acids is 1. The number of hydrogen-bond donors (Lipinski definition) is 3. The number of carbonyl (C=O) groups is 1. The van der Waals surface area contributed by atoms with Crippen LogP contribution in [-0.2, 0) is 4.79 Å². The van der Waals surface area contributed by atoms with Gasteiger partial charge in [0.25, 0.3) is 0 Å². The van der Waals surface area contributed by atoms with Crippen LogP contribution in [-0.4, -0.2) is 21.2 Å². The van der Waals surface area contributed by atoms with Gasteiger partial charge in [-0.25, -0.2) is 0 Å². The van der Waals surface area contributed by atoms with E-state index >= 15 is 0 Å². The highest BCUT2D eigenvalue weighted by Crippen LogP contribution is 2.17. The summed E-state index contributed by atoms with van der Waals surface area (Å²) in [7, 11) is 0. The van der Waals surface area contributed by atoms with Crippen molar-refractivity contribution in [3.8, 4) is 5.75 Å². The number of nitrogens with one attached hydrogen (secondary N) is 1. The Morgan fingerprint density at radius 3 is 2.72 bits per heavy atom. The Balaban J connectivity index is 0.000000187. The van der Waals surface area contributed by atoms with Gasteiger partial charge in [-0.1, -0.05) is 19.8 Å². The number of rotatable bonds is 4. The predicted octanol–water partition coefficient (Wildman–Crippen LogP) is 3.52. The topological polar surface area (TPSA) is 73.3 Å². The molecule has 0 spiro atoms. The van der Waals surface area contributed by atoms with Crippen molar-refractivity contribution in [1.82, 2.24) is 4.98 Å². The molecular formula is C14H19NO3. The summed E-state index contributed by atoms with van der Waals surface area (Å²) in [5, 5.41) is 18.2. The Hall–Kier alpha value is -1.97. The molecule has 0 radical (unpaired) electrons. The number of carboxylic acids is 1. The van der Waals surface area contributed by atoms with E-state index in [4.69, 9.17) is 10.2 Å². The lowest BCUT2D eigenvalue weighted by atomic mass is 10.2. The third-order valence-electron chi connectivity index (χ3n) is 2.53. The average Bonchev–Trinajstić information content (AvgIpc) is 2.77. The lowest BCUT2D eigenvalue weighted by Crippen LogP contribution is -1.92. The molecular weight excluding hydrogens is 230 g/mol. The van der Waals surface area contributed by atoms with Crippen LogP contribution in [0, 0.1) is 0 Å². The standard InChI is InChI=1S/C8H7NO.C6H12O2/c10-7-1-2-8-6(5-7)3-4-9-8;1-2-3-4-5-6(7)8/h1-5,9-10H;2-5H2,1H3,(H,7,8). The second kappa shape index (κ2) is 7.37. The van der Waals surface area contributed by atoms with Gasteiger partial charge in [0.2, 0.25) is 0 Å². The van der Waals surface area contributed by atoms with E-state index in [0.29, 0.717) is 12.2 Å². The number of phenols is 1. The Kier molecular flexibility index (Phi) is 5.77. The van der Waals surface area contributed by atoms with Crippen LogP contribution in [0.5, 0.6) is 5.75 Å². The van der Waals surface area contributed by atoms with Crippen molar-refractivity contribution >= 4 is 16.9 Å². The molecule has 98 valence electrons. The molecule has 0 unspecified atom stereocenters. The highest BCUT2D eigenvalue weighted by atomic mass is 16.4. The SMILES string of the molecule is CCCCCC(=O)O.Oc1ccc2[nH]ccc2c1. The van der Waals surface area contributed by atoms with Gasteiger partial charge >= 0.3 is 5.97 Å². The molecule has 0 bridgehead atoms. The molecule has 0 fully saturated rings. The van der Waals surface area contributed by atoms with Gasteiger partial charge in [0.15, 0.2) is 0 Å². The van der Waals surface area contributed by atoms with Crippen molar-refractivity contribution in [2.45, 2.75) is 32.6 Å². The second-order valence-corrected chi connectivity index (χ2v) is 4.10. The van der Waals surface area contributed by atoms with Crippen LogP contribution in [0.2, 0.25) is 0 Å². The Morgan fingerprint density at radius 1 is 1.28 bits per heavy atom. The molecule has 0 aliphatic rings. The van der Waals surface area contributed by atoms with E-state index in [1.165, 1.54) is 0 Å². The monoisotopic (exact) mass is 249 g/mol. The number of benzene rings is 1. The maximum atomic E-state index is 9.87. The van der Waals surface area contributed by atoms with E-state index in [1.807, 2.05) is 18.3 Å². The van der Waals surface area contributed by atoms with Crippen LogP contribution in [0.3, 0.4) is 0 Å². The Labute approximate surface area is 106 Å². The third-order valence-corrected chi connectivity index (χ3v) is 2.53. The van der Waals surface area contributed by atoms with E-state index in [-0.39, 0.29) is 0 Å². The molecule has 0 aliphatic carbocycles. The number of fused-ring (bicyclic) bond motifs is 1. The number of H-pyrrole nitrogens is 1. The Morgan fingerprint density at radius 2 is 2.06 bits per heavy atom. The summed E-state index contributed by atoms with van der Waals surface area (Å²) in [6.45, 7) is 2.06. The quantitative estimate of drug-likeness (QED) is 0.726. The van der Waals surface area contributed by atoms with Crippen LogP contribution in [0.4, 0.5) is 0 Å². The van der Waals surface area contributed by atoms with E-state index in [0.717, 1.165) is 30.2 Å². The van der Waals surface area contributed by atoms with Gasteiger partial charge in [-0.05, 0) is 30.7 Å². The molecule has 0 saturated heterocycles. The first-order valence-electron chi connectivity index (χ1n) is 6.11. The van der Waals surface area contributed by atoms with Gasteiger partial charge in [0, 0.05) is 23.5 Å². The van der Waals surface area contributed by atoms with Crippen molar-refractivity contribution in [2.75, 3.05) is 0 Å². The van der Waals surface area contributed by atoms with Crippen molar-refractivity contribution in [1.29, 1.82) is 0 Å². The number of aromatic amines is 1. The molecule has 4 heteroatoms. The summed E-state index contributed by atoms with van der Waals surface area (Å²) in [5.41, 5.74) is 1.05. The molecule has 0 saturated carbocycles. The molecule has 4 nitrogen and oxygen atoms in total. The fraction of sp³-hybridized carbons (Fsp3) is 0.357. The van der Waals surface area contributed by atoms with E-state index in [9.17, 15) is 4.79 Å². The molecule has 2 rings (SSSR count). The predicted molar refractivity (Wildman–Crippen MR) is 71.7 cm³/mol. The minimum atomic E-state index is -0.682. The number of hydrogen-bond acceptors (Lipinski definition) is 2. The van der Waals surface area contributed by atoms with Crippen LogP contribution in [0.15, 0.2) is 30.5 Å². The number of carboxylic acid groups (broad SMARTS) is 1. The molecule has 1 aromatic heterocycles. The maximum Gasteiger partial charge on any atom is 0.303 e. The molecule has 0 aliphatic heterocycles. The van der Waals surface area contributed by atoms with Crippen LogP contribution in [0.1, 0.15) is 32.6 Å². The normalized spacial score (nSPS) is 9.83. The van der Waals surface area contributed by atoms with E-state index in [1.54, 1.807) is 12.1 Å². The van der Waals surface area contributed by atoms with Crippen LogP contribution < -0.4 is 0 Å². The average molecular weight is 249 g/mol.